The standard InChI is InChI=1S/C30H27ClN4O2/c1-18-13-19(2)22(14-20(18)17-37-27-11-4-3-8-24(27)31)28-23(15-32)30(33)35(21-7-6-12-34-16-21)25-9-5-10-26(36)29(25)28/h3-4,6-8,11-14,16,28H,5,9-10,17,33H2,1-2H3. The van der Waals surface area contributed by atoms with Gasteiger partial charge in [0.1, 0.15) is 18.2 Å². The first-order valence-corrected chi connectivity index (χ1v) is 12.6. The van der Waals surface area contributed by atoms with E-state index in [4.69, 9.17) is 22.1 Å². The molecule has 3 aromatic rings. The summed E-state index contributed by atoms with van der Waals surface area (Å²) in [7, 11) is 0. The highest BCUT2D eigenvalue weighted by molar-refractivity contribution is 6.32. The molecule has 2 N–H and O–H groups in total. The maximum Gasteiger partial charge on any atom is 0.161 e. The number of hydrogen-bond donors (Lipinski definition) is 1. The van der Waals surface area contributed by atoms with Crippen LogP contribution in [0.2, 0.25) is 5.02 Å². The van der Waals surface area contributed by atoms with Gasteiger partial charge in [-0.15, -0.1) is 0 Å². The van der Waals surface area contributed by atoms with Crippen molar-refractivity contribution in [3.05, 3.63) is 111 Å². The molecule has 2 aliphatic rings. The van der Waals surface area contributed by atoms with Crippen molar-refractivity contribution in [1.29, 1.82) is 5.26 Å². The van der Waals surface area contributed by atoms with Gasteiger partial charge in [-0.05, 0) is 73.2 Å². The Morgan fingerprint density at radius 1 is 1.16 bits per heavy atom. The molecule has 0 saturated heterocycles. The van der Waals surface area contributed by atoms with Crippen LogP contribution < -0.4 is 15.4 Å². The number of benzene rings is 2. The van der Waals surface area contributed by atoms with Crippen LogP contribution in [0.25, 0.3) is 0 Å². The number of para-hydroxylation sites is 1. The predicted octanol–water partition coefficient (Wildman–Crippen LogP) is 6.24. The molecule has 1 atom stereocenters. The summed E-state index contributed by atoms with van der Waals surface area (Å²) in [6.07, 6.45) is 5.26. The number of Topliss-reactive ketones (excluding diaryl/α,β-unsaturated/α-hetero) is 1. The molecule has 2 heterocycles. The van der Waals surface area contributed by atoms with Gasteiger partial charge in [0.25, 0.3) is 0 Å². The normalized spacial score (nSPS) is 17.5. The summed E-state index contributed by atoms with van der Waals surface area (Å²) >= 11 is 6.29. The molecule has 0 fully saturated rings. The predicted molar refractivity (Wildman–Crippen MR) is 144 cm³/mol. The van der Waals surface area contributed by atoms with Gasteiger partial charge in [-0.25, -0.2) is 0 Å². The molecule has 1 aliphatic carbocycles. The Balaban J connectivity index is 1.63. The van der Waals surface area contributed by atoms with Crippen molar-refractivity contribution in [2.75, 3.05) is 4.90 Å². The molecule has 7 heteroatoms. The number of rotatable bonds is 5. The molecule has 0 amide bonds. The van der Waals surface area contributed by atoms with Gasteiger partial charge in [0.15, 0.2) is 5.78 Å². The lowest BCUT2D eigenvalue weighted by Crippen LogP contribution is -2.39. The number of carbonyl (C=O) groups excluding carboxylic acids is 1. The number of halogens is 1. The summed E-state index contributed by atoms with van der Waals surface area (Å²) in [6.45, 7) is 4.34. The minimum Gasteiger partial charge on any atom is -0.487 e. The zero-order valence-corrected chi connectivity index (χ0v) is 21.5. The van der Waals surface area contributed by atoms with E-state index >= 15 is 0 Å². The topological polar surface area (TPSA) is 92.2 Å². The van der Waals surface area contributed by atoms with Crippen LogP contribution in [0.1, 0.15) is 47.4 Å². The number of allylic oxidation sites excluding steroid dienone is 3. The highest BCUT2D eigenvalue weighted by atomic mass is 35.5. The van der Waals surface area contributed by atoms with E-state index in [2.05, 4.69) is 17.1 Å². The monoisotopic (exact) mass is 510 g/mol. The third-order valence-electron chi connectivity index (χ3n) is 7.07. The zero-order valence-electron chi connectivity index (χ0n) is 20.8. The summed E-state index contributed by atoms with van der Waals surface area (Å²) < 4.78 is 6.04. The fourth-order valence-corrected chi connectivity index (χ4v) is 5.47. The van der Waals surface area contributed by atoms with Gasteiger partial charge in [-0.3, -0.25) is 14.7 Å². The first-order valence-electron chi connectivity index (χ1n) is 12.2. The van der Waals surface area contributed by atoms with Crippen LogP contribution in [-0.4, -0.2) is 10.8 Å². The number of nitrogens with zero attached hydrogens (tertiary/aromatic N) is 3. The molecule has 0 saturated carbocycles. The molecule has 0 radical (unpaired) electrons. The number of nitriles is 1. The Hall–Kier alpha value is -4.08. The molecule has 2 aromatic carbocycles. The lowest BCUT2D eigenvalue weighted by atomic mass is 9.74. The van der Waals surface area contributed by atoms with Crippen molar-refractivity contribution in [3.63, 3.8) is 0 Å². The maximum atomic E-state index is 13.5. The average Bonchev–Trinajstić information content (AvgIpc) is 2.89. The minimum atomic E-state index is -0.541. The van der Waals surface area contributed by atoms with Crippen molar-refractivity contribution in [2.45, 2.75) is 45.6 Å². The van der Waals surface area contributed by atoms with Crippen LogP contribution >= 0.6 is 11.6 Å². The average molecular weight is 511 g/mol. The van der Waals surface area contributed by atoms with Crippen molar-refractivity contribution in [2.24, 2.45) is 5.73 Å². The summed E-state index contributed by atoms with van der Waals surface area (Å²) in [5.41, 5.74) is 13.2. The Labute approximate surface area is 221 Å². The third kappa shape index (κ3) is 4.47. The van der Waals surface area contributed by atoms with E-state index in [0.29, 0.717) is 47.2 Å². The number of aryl methyl sites for hydroxylation is 2. The minimum absolute atomic E-state index is 0.0502. The zero-order chi connectivity index (χ0) is 26.1. The largest absolute Gasteiger partial charge is 0.487 e. The first kappa shape index (κ1) is 24.6. The smallest absolute Gasteiger partial charge is 0.161 e. The van der Waals surface area contributed by atoms with Crippen molar-refractivity contribution >= 4 is 23.1 Å². The molecule has 1 unspecified atom stereocenters. The fraction of sp³-hybridized carbons (Fsp3) is 0.233. The van der Waals surface area contributed by atoms with Crippen LogP contribution in [0.4, 0.5) is 5.69 Å². The van der Waals surface area contributed by atoms with Crippen LogP contribution in [0.5, 0.6) is 5.75 Å². The first-order chi connectivity index (χ1) is 17.9. The molecule has 0 bridgehead atoms. The molecule has 5 rings (SSSR count). The van der Waals surface area contributed by atoms with Gasteiger partial charge in [-0.1, -0.05) is 35.9 Å². The number of anilines is 1. The molecule has 186 valence electrons. The fourth-order valence-electron chi connectivity index (χ4n) is 5.28. The van der Waals surface area contributed by atoms with Crippen LogP contribution in [0.3, 0.4) is 0 Å². The van der Waals surface area contributed by atoms with E-state index in [9.17, 15) is 10.1 Å². The molecule has 37 heavy (non-hydrogen) atoms. The number of pyridine rings is 1. The molecular formula is C30H27ClN4O2. The highest BCUT2D eigenvalue weighted by Gasteiger charge is 2.41. The second-order valence-corrected chi connectivity index (χ2v) is 9.79. The lowest BCUT2D eigenvalue weighted by Gasteiger charge is -2.40. The summed E-state index contributed by atoms with van der Waals surface area (Å²) in [6, 6.07) is 17.5. The second-order valence-electron chi connectivity index (χ2n) is 9.38. The van der Waals surface area contributed by atoms with Gasteiger partial charge in [0.2, 0.25) is 0 Å². The highest BCUT2D eigenvalue weighted by Crippen LogP contribution is 2.47. The Bertz CT molecular complexity index is 1490. The number of ether oxygens (including phenoxy) is 1. The lowest BCUT2D eigenvalue weighted by molar-refractivity contribution is -0.116. The Morgan fingerprint density at radius 2 is 1.97 bits per heavy atom. The molecule has 0 spiro atoms. The number of carbonyl (C=O) groups is 1. The summed E-state index contributed by atoms with van der Waals surface area (Å²) in [4.78, 5) is 19.5. The van der Waals surface area contributed by atoms with Gasteiger partial charge in [-0.2, -0.15) is 5.26 Å². The van der Waals surface area contributed by atoms with Gasteiger partial charge in [0, 0.05) is 23.9 Å². The SMILES string of the molecule is Cc1cc(C)c(C2C(C#N)=C(N)N(c3cccnc3)C3=C2C(=O)CCC3)cc1COc1ccccc1Cl. The third-order valence-corrected chi connectivity index (χ3v) is 7.39. The van der Waals surface area contributed by atoms with E-state index in [1.54, 1.807) is 18.5 Å². The molecule has 6 nitrogen and oxygen atoms in total. The van der Waals surface area contributed by atoms with E-state index < -0.39 is 5.92 Å². The second kappa shape index (κ2) is 10.1. The Kier molecular flexibility index (Phi) is 6.73. The molecule has 1 aliphatic heterocycles. The summed E-state index contributed by atoms with van der Waals surface area (Å²) in [5, 5.41) is 10.9. The van der Waals surface area contributed by atoms with Crippen molar-refractivity contribution < 1.29 is 9.53 Å². The maximum absolute atomic E-state index is 13.5. The number of aromatic nitrogens is 1. The van der Waals surface area contributed by atoms with E-state index in [0.717, 1.165) is 40.1 Å². The van der Waals surface area contributed by atoms with Gasteiger partial charge in [0.05, 0.1) is 34.5 Å². The van der Waals surface area contributed by atoms with Crippen LogP contribution in [-0.2, 0) is 11.4 Å². The Morgan fingerprint density at radius 3 is 2.70 bits per heavy atom. The number of ketones is 1. The van der Waals surface area contributed by atoms with E-state index in [1.807, 2.05) is 55.1 Å². The number of hydrogen-bond acceptors (Lipinski definition) is 6. The quantitative estimate of drug-likeness (QED) is 0.437. The van der Waals surface area contributed by atoms with Crippen LogP contribution in [0, 0.1) is 25.2 Å². The van der Waals surface area contributed by atoms with E-state index in [1.165, 1.54) is 0 Å². The summed E-state index contributed by atoms with van der Waals surface area (Å²) in [5.74, 6) is 0.446. The molecule has 1 aromatic heterocycles. The van der Waals surface area contributed by atoms with Crippen molar-refractivity contribution in [3.8, 4) is 11.8 Å². The molecular weight excluding hydrogens is 484 g/mol. The van der Waals surface area contributed by atoms with Crippen molar-refractivity contribution in [1.82, 2.24) is 4.98 Å². The van der Waals surface area contributed by atoms with Crippen LogP contribution in [0.15, 0.2) is 83.6 Å². The van der Waals surface area contributed by atoms with E-state index in [-0.39, 0.29) is 5.78 Å². The number of nitrogens with two attached hydrogens (primary N) is 1. The van der Waals surface area contributed by atoms with Gasteiger partial charge < -0.3 is 10.5 Å². The van der Waals surface area contributed by atoms with Gasteiger partial charge >= 0.3 is 0 Å².